The van der Waals surface area contributed by atoms with Gasteiger partial charge in [-0.25, -0.2) is 0 Å². The third-order valence-electron chi connectivity index (χ3n) is 4.65. The number of halogens is 1. The topological polar surface area (TPSA) is 73.2 Å². The molecule has 2 aromatic carbocycles. The van der Waals surface area contributed by atoms with Gasteiger partial charge in [0.15, 0.2) is 6.10 Å². The minimum absolute atomic E-state index is 0.187. The molecule has 0 saturated heterocycles. The molecule has 7 heteroatoms. The quantitative estimate of drug-likeness (QED) is 0.621. The Morgan fingerprint density at radius 1 is 1.17 bits per heavy atom. The van der Waals surface area contributed by atoms with Gasteiger partial charge in [-0.2, -0.15) is 4.68 Å². The maximum Gasteiger partial charge on any atom is 0.271 e. The number of aryl methyl sites for hydroxylation is 2. The van der Waals surface area contributed by atoms with Gasteiger partial charge in [-0.15, -0.1) is 5.10 Å². The summed E-state index contributed by atoms with van der Waals surface area (Å²) in [7, 11) is 0. The Kier molecular flexibility index (Phi) is 6.90. The number of aromatic nitrogens is 2. The average Bonchev–Trinajstić information content (AvgIpc) is 2.73. The van der Waals surface area contributed by atoms with Crippen LogP contribution in [0.15, 0.2) is 59.4 Å². The van der Waals surface area contributed by atoms with Gasteiger partial charge < -0.3 is 10.1 Å². The first-order valence-corrected chi connectivity index (χ1v) is 10.1. The number of carbonyl (C=O) groups is 1. The number of hydrogen-bond acceptors (Lipinski definition) is 4. The maximum absolute atomic E-state index is 12.6. The second kappa shape index (κ2) is 9.59. The van der Waals surface area contributed by atoms with Crippen molar-refractivity contribution in [3.63, 3.8) is 0 Å². The Balaban J connectivity index is 1.76. The lowest BCUT2D eigenvalue weighted by Crippen LogP contribution is -2.38. The molecule has 0 fully saturated rings. The van der Waals surface area contributed by atoms with E-state index in [1.807, 2.05) is 51.1 Å². The molecule has 0 aliphatic heterocycles. The molecule has 0 aliphatic rings. The summed E-state index contributed by atoms with van der Waals surface area (Å²) in [6.45, 7) is 6.13. The van der Waals surface area contributed by atoms with E-state index in [0.717, 1.165) is 16.7 Å². The summed E-state index contributed by atoms with van der Waals surface area (Å²) in [5, 5.41) is 7.68. The van der Waals surface area contributed by atoms with Crippen molar-refractivity contribution in [2.24, 2.45) is 0 Å². The van der Waals surface area contributed by atoms with Crippen LogP contribution in [0.2, 0.25) is 5.02 Å². The van der Waals surface area contributed by atoms with Crippen LogP contribution in [-0.4, -0.2) is 21.8 Å². The van der Waals surface area contributed by atoms with Crippen LogP contribution in [0, 0.1) is 13.8 Å². The van der Waals surface area contributed by atoms with Crippen molar-refractivity contribution in [2.75, 3.05) is 0 Å². The monoisotopic (exact) mass is 425 g/mol. The lowest BCUT2D eigenvalue weighted by atomic mass is 10.1. The van der Waals surface area contributed by atoms with Crippen LogP contribution in [-0.2, 0) is 11.3 Å². The van der Waals surface area contributed by atoms with E-state index in [1.54, 1.807) is 12.1 Å². The molecule has 30 heavy (non-hydrogen) atoms. The van der Waals surface area contributed by atoms with Crippen molar-refractivity contribution in [1.29, 1.82) is 0 Å². The van der Waals surface area contributed by atoms with Crippen molar-refractivity contribution >= 4 is 17.5 Å². The smallest absolute Gasteiger partial charge is 0.271 e. The van der Waals surface area contributed by atoms with E-state index in [2.05, 4.69) is 10.4 Å². The largest absolute Gasteiger partial charge is 0.463 e. The highest BCUT2D eigenvalue weighted by Crippen LogP contribution is 2.19. The van der Waals surface area contributed by atoms with Gasteiger partial charge in [0.25, 0.3) is 11.5 Å². The minimum atomic E-state index is -0.728. The van der Waals surface area contributed by atoms with Crippen LogP contribution in [0.25, 0.3) is 5.69 Å². The SMILES string of the molecule is CC[C@@H](Oc1ccc(=O)n(-c2cc(Cl)ccc2C)n1)C(=O)NCc1cccc(C)c1. The van der Waals surface area contributed by atoms with E-state index in [0.29, 0.717) is 23.7 Å². The summed E-state index contributed by atoms with van der Waals surface area (Å²) in [4.78, 5) is 24.9. The lowest BCUT2D eigenvalue weighted by molar-refractivity contribution is -0.128. The van der Waals surface area contributed by atoms with Crippen molar-refractivity contribution in [2.45, 2.75) is 39.8 Å². The summed E-state index contributed by atoms with van der Waals surface area (Å²) in [5.74, 6) is -0.0518. The minimum Gasteiger partial charge on any atom is -0.463 e. The molecular weight excluding hydrogens is 402 g/mol. The molecule has 1 atom stereocenters. The molecule has 3 aromatic rings. The second-order valence-corrected chi connectivity index (χ2v) is 7.51. The Labute approximate surface area is 180 Å². The molecular formula is C23H24ClN3O3. The van der Waals surface area contributed by atoms with Gasteiger partial charge in [0.2, 0.25) is 5.88 Å². The maximum atomic E-state index is 12.6. The number of rotatable bonds is 7. The van der Waals surface area contributed by atoms with Gasteiger partial charge in [-0.3, -0.25) is 9.59 Å². The third kappa shape index (κ3) is 5.27. The third-order valence-corrected chi connectivity index (χ3v) is 4.89. The zero-order valence-corrected chi connectivity index (χ0v) is 17.9. The number of carbonyl (C=O) groups excluding carboxylic acids is 1. The van der Waals surface area contributed by atoms with Gasteiger partial charge >= 0.3 is 0 Å². The first kappa shape index (κ1) is 21.6. The number of amides is 1. The molecule has 0 saturated carbocycles. The molecule has 1 amide bonds. The summed E-state index contributed by atoms with van der Waals surface area (Å²) >= 11 is 6.07. The zero-order chi connectivity index (χ0) is 21.7. The highest BCUT2D eigenvalue weighted by molar-refractivity contribution is 6.30. The number of nitrogens with zero attached hydrogens (tertiary/aromatic N) is 2. The Morgan fingerprint density at radius 3 is 2.70 bits per heavy atom. The normalized spacial score (nSPS) is 11.7. The van der Waals surface area contributed by atoms with Gasteiger partial charge in [0.1, 0.15) is 0 Å². The number of benzene rings is 2. The highest BCUT2D eigenvalue weighted by atomic mass is 35.5. The van der Waals surface area contributed by atoms with Crippen LogP contribution in [0.5, 0.6) is 5.88 Å². The van der Waals surface area contributed by atoms with Crippen LogP contribution < -0.4 is 15.6 Å². The van der Waals surface area contributed by atoms with Crippen molar-refractivity contribution in [1.82, 2.24) is 15.1 Å². The highest BCUT2D eigenvalue weighted by Gasteiger charge is 2.19. The second-order valence-electron chi connectivity index (χ2n) is 7.07. The summed E-state index contributed by atoms with van der Waals surface area (Å²) in [5.41, 5.74) is 3.24. The van der Waals surface area contributed by atoms with Gasteiger partial charge in [0.05, 0.1) is 5.69 Å². The van der Waals surface area contributed by atoms with E-state index in [1.165, 1.54) is 16.8 Å². The van der Waals surface area contributed by atoms with Crippen molar-refractivity contribution in [3.8, 4) is 11.6 Å². The van der Waals surface area contributed by atoms with E-state index >= 15 is 0 Å². The number of nitrogens with one attached hydrogen (secondary N) is 1. The fourth-order valence-corrected chi connectivity index (χ4v) is 3.20. The molecule has 3 rings (SSSR count). The van der Waals surface area contributed by atoms with E-state index in [4.69, 9.17) is 16.3 Å². The van der Waals surface area contributed by atoms with Crippen molar-refractivity contribution < 1.29 is 9.53 Å². The molecule has 0 radical (unpaired) electrons. The van der Waals surface area contributed by atoms with E-state index < -0.39 is 6.10 Å². The molecule has 156 valence electrons. The van der Waals surface area contributed by atoms with Crippen LogP contribution in [0.3, 0.4) is 0 Å². The van der Waals surface area contributed by atoms with E-state index in [-0.39, 0.29) is 17.3 Å². The number of hydrogen-bond donors (Lipinski definition) is 1. The molecule has 1 aromatic heterocycles. The van der Waals surface area contributed by atoms with Gasteiger partial charge in [-0.05, 0) is 43.5 Å². The predicted molar refractivity (Wildman–Crippen MR) is 117 cm³/mol. The Morgan fingerprint density at radius 2 is 1.97 bits per heavy atom. The fraction of sp³-hybridized carbons (Fsp3) is 0.261. The zero-order valence-electron chi connectivity index (χ0n) is 17.2. The molecule has 1 N–H and O–H groups in total. The van der Waals surface area contributed by atoms with Crippen LogP contribution in [0.1, 0.15) is 30.0 Å². The van der Waals surface area contributed by atoms with Gasteiger partial charge in [0, 0.05) is 23.7 Å². The lowest BCUT2D eigenvalue weighted by Gasteiger charge is -2.17. The standard InChI is InChI=1S/C23H24ClN3O3/c1-4-20(23(29)25-14-17-7-5-6-15(2)12-17)30-21-10-11-22(28)27(26-21)19-13-18(24)9-8-16(19)3/h5-13,20H,4,14H2,1-3H3,(H,25,29)/t20-/m1/s1. The van der Waals surface area contributed by atoms with Crippen molar-refractivity contribution in [3.05, 3.63) is 86.7 Å². The molecule has 0 spiro atoms. The summed E-state index contributed by atoms with van der Waals surface area (Å²) in [6, 6.07) is 16.0. The van der Waals surface area contributed by atoms with Gasteiger partial charge in [-0.1, -0.05) is 54.4 Å². The molecule has 0 unspecified atom stereocenters. The summed E-state index contributed by atoms with van der Waals surface area (Å²) < 4.78 is 7.04. The fourth-order valence-electron chi connectivity index (χ4n) is 3.03. The summed E-state index contributed by atoms with van der Waals surface area (Å²) in [6.07, 6.45) is -0.273. The number of ether oxygens (including phenoxy) is 1. The van der Waals surface area contributed by atoms with Crippen LogP contribution >= 0.6 is 11.6 Å². The molecule has 6 nitrogen and oxygen atoms in total. The molecule has 0 bridgehead atoms. The molecule has 1 heterocycles. The average molecular weight is 426 g/mol. The van der Waals surface area contributed by atoms with Crippen LogP contribution in [0.4, 0.5) is 0 Å². The molecule has 0 aliphatic carbocycles. The first-order chi connectivity index (χ1) is 14.4. The van der Waals surface area contributed by atoms with E-state index in [9.17, 15) is 9.59 Å². The predicted octanol–water partition coefficient (Wildman–Crippen LogP) is 3.98. The Bertz CT molecular complexity index is 1110. The first-order valence-electron chi connectivity index (χ1n) is 9.74. The Hall–Kier alpha value is -3.12.